The summed E-state index contributed by atoms with van der Waals surface area (Å²) in [5.74, 6) is -0.858. The first-order chi connectivity index (χ1) is 7.43. The zero-order valence-electron chi connectivity index (χ0n) is 8.94. The molecule has 1 unspecified atom stereocenters. The van der Waals surface area contributed by atoms with E-state index in [1.54, 1.807) is 18.2 Å². The molecule has 0 saturated heterocycles. The molecule has 0 bridgehead atoms. The summed E-state index contributed by atoms with van der Waals surface area (Å²) in [6.07, 6.45) is 0.293. The maximum absolute atomic E-state index is 13.2. The van der Waals surface area contributed by atoms with Gasteiger partial charge in [-0.05, 0) is 25.5 Å². The lowest BCUT2D eigenvalue weighted by atomic mass is 10.0. The molecule has 1 aromatic carbocycles. The standard InChI is InChI=1S/C11H14FNO2S/c1-11(13,10(14)15)6-7-16-9-5-3-2-4-8(9)12/h2-5H,6-7,13H2,1H3,(H,14,15). The number of carbonyl (C=O) groups is 1. The molecule has 3 nitrogen and oxygen atoms in total. The Morgan fingerprint density at radius 2 is 2.19 bits per heavy atom. The van der Waals surface area contributed by atoms with E-state index in [1.807, 2.05) is 0 Å². The Morgan fingerprint density at radius 1 is 1.56 bits per heavy atom. The minimum absolute atomic E-state index is 0.290. The molecule has 0 spiro atoms. The van der Waals surface area contributed by atoms with Gasteiger partial charge >= 0.3 is 5.97 Å². The summed E-state index contributed by atoms with van der Waals surface area (Å²) in [7, 11) is 0. The number of carboxylic acids is 1. The Hall–Kier alpha value is -1.07. The second kappa shape index (κ2) is 5.32. The summed E-state index contributed by atoms with van der Waals surface area (Å²) < 4.78 is 13.2. The molecule has 0 saturated carbocycles. The van der Waals surface area contributed by atoms with Crippen LogP contribution in [-0.2, 0) is 4.79 Å². The number of halogens is 1. The topological polar surface area (TPSA) is 63.3 Å². The molecule has 0 heterocycles. The van der Waals surface area contributed by atoms with Gasteiger partial charge in [0.25, 0.3) is 0 Å². The summed E-state index contributed by atoms with van der Waals surface area (Å²) in [5.41, 5.74) is 4.30. The third-order valence-corrected chi connectivity index (χ3v) is 3.25. The fraction of sp³-hybridized carbons (Fsp3) is 0.364. The van der Waals surface area contributed by atoms with Gasteiger partial charge in [-0.1, -0.05) is 12.1 Å². The SMILES string of the molecule is CC(N)(CCSc1ccccc1F)C(=O)O. The summed E-state index contributed by atoms with van der Waals surface area (Å²) in [6, 6.07) is 6.39. The van der Waals surface area contributed by atoms with Crippen molar-refractivity contribution in [2.24, 2.45) is 5.73 Å². The number of thioether (sulfide) groups is 1. The van der Waals surface area contributed by atoms with Crippen LogP contribution in [0, 0.1) is 5.82 Å². The normalized spacial score (nSPS) is 14.4. The first kappa shape index (κ1) is 13.0. The minimum Gasteiger partial charge on any atom is -0.480 e. The summed E-state index contributed by atoms with van der Waals surface area (Å²) >= 11 is 1.27. The van der Waals surface area contributed by atoms with Crippen molar-refractivity contribution in [3.8, 4) is 0 Å². The molecule has 0 radical (unpaired) electrons. The van der Waals surface area contributed by atoms with Crippen molar-refractivity contribution in [1.29, 1.82) is 0 Å². The summed E-state index contributed by atoms with van der Waals surface area (Å²) in [4.78, 5) is 11.2. The molecule has 88 valence electrons. The van der Waals surface area contributed by atoms with Crippen LogP contribution in [0.4, 0.5) is 4.39 Å². The van der Waals surface area contributed by atoms with Crippen molar-refractivity contribution in [2.75, 3.05) is 5.75 Å². The predicted octanol–water partition coefficient (Wildman–Crippen LogP) is 2.11. The van der Waals surface area contributed by atoms with E-state index in [2.05, 4.69) is 0 Å². The van der Waals surface area contributed by atoms with E-state index in [4.69, 9.17) is 10.8 Å². The third-order valence-electron chi connectivity index (χ3n) is 2.20. The van der Waals surface area contributed by atoms with E-state index in [1.165, 1.54) is 24.8 Å². The van der Waals surface area contributed by atoms with Gasteiger partial charge in [0, 0.05) is 10.6 Å². The van der Waals surface area contributed by atoms with Crippen molar-refractivity contribution in [1.82, 2.24) is 0 Å². The van der Waals surface area contributed by atoms with Crippen LogP contribution in [0.3, 0.4) is 0 Å². The highest BCUT2D eigenvalue weighted by atomic mass is 32.2. The lowest BCUT2D eigenvalue weighted by molar-refractivity contribution is -0.142. The van der Waals surface area contributed by atoms with Crippen LogP contribution in [-0.4, -0.2) is 22.4 Å². The van der Waals surface area contributed by atoms with Gasteiger partial charge in [0.05, 0.1) is 0 Å². The minimum atomic E-state index is -1.25. The fourth-order valence-electron chi connectivity index (χ4n) is 1.04. The molecule has 0 aliphatic rings. The molecule has 5 heteroatoms. The van der Waals surface area contributed by atoms with Crippen molar-refractivity contribution >= 4 is 17.7 Å². The highest BCUT2D eigenvalue weighted by molar-refractivity contribution is 7.99. The average Bonchev–Trinajstić information content (AvgIpc) is 2.20. The first-order valence-corrected chi connectivity index (χ1v) is 5.81. The molecular formula is C11H14FNO2S. The van der Waals surface area contributed by atoms with Gasteiger partial charge in [0.1, 0.15) is 11.4 Å². The summed E-state index contributed by atoms with van der Waals surface area (Å²) in [6.45, 7) is 1.46. The van der Waals surface area contributed by atoms with E-state index in [0.717, 1.165) is 0 Å². The van der Waals surface area contributed by atoms with Crippen LogP contribution in [0.5, 0.6) is 0 Å². The van der Waals surface area contributed by atoms with Crippen LogP contribution in [0.15, 0.2) is 29.2 Å². The molecule has 1 atom stereocenters. The Labute approximate surface area is 97.8 Å². The van der Waals surface area contributed by atoms with Gasteiger partial charge in [-0.15, -0.1) is 11.8 Å². The zero-order valence-corrected chi connectivity index (χ0v) is 9.76. The zero-order chi connectivity index (χ0) is 12.2. The van der Waals surface area contributed by atoms with Gasteiger partial charge < -0.3 is 10.8 Å². The second-order valence-corrected chi connectivity index (χ2v) is 4.89. The Balaban J connectivity index is 2.48. The van der Waals surface area contributed by atoms with Crippen molar-refractivity contribution < 1.29 is 14.3 Å². The van der Waals surface area contributed by atoms with Crippen LogP contribution >= 0.6 is 11.8 Å². The molecule has 0 aromatic heterocycles. The lowest BCUT2D eigenvalue weighted by Gasteiger charge is -2.18. The summed E-state index contributed by atoms with van der Waals surface area (Å²) in [5, 5.41) is 8.78. The van der Waals surface area contributed by atoms with Crippen molar-refractivity contribution in [2.45, 2.75) is 23.8 Å². The Morgan fingerprint density at radius 3 is 2.75 bits per heavy atom. The number of aliphatic carboxylic acids is 1. The maximum atomic E-state index is 13.2. The third kappa shape index (κ3) is 3.50. The average molecular weight is 243 g/mol. The number of carboxylic acid groups (broad SMARTS) is 1. The molecule has 0 fully saturated rings. The van der Waals surface area contributed by atoms with Crippen LogP contribution in [0.2, 0.25) is 0 Å². The Bertz CT molecular complexity index is 382. The van der Waals surface area contributed by atoms with E-state index in [9.17, 15) is 9.18 Å². The second-order valence-electron chi connectivity index (χ2n) is 3.75. The van der Waals surface area contributed by atoms with E-state index in [0.29, 0.717) is 17.1 Å². The van der Waals surface area contributed by atoms with Gasteiger partial charge in [0.15, 0.2) is 0 Å². The van der Waals surface area contributed by atoms with Crippen LogP contribution < -0.4 is 5.73 Å². The highest BCUT2D eigenvalue weighted by Crippen LogP contribution is 2.23. The van der Waals surface area contributed by atoms with Gasteiger partial charge in [-0.2, -0.15) is 0 Å². The van der Waals surface area contributed by atoms with E-state index < -0.39 is 11.5 Å². The van der Waals surface area contributed by atoms with Gasteiger partial charge in [-0.3, -0.25) is 4.79 Å². The van der Waals surface area contributed by atoms with Crippen molar-refractivity contribution in [3.63, 3.8) is 0 Å². The number of hydrogen-bond donors (Lipinski definition) is 2. The van der Waals surface area contributed by atoms with E-state index in [-0.39, 0.29) is 5.82 Å². The van der Waals surface area contributed by atoms with Crippen molar-refractivity contribution in [3.05, 3.63) is 30.1 Å². The number of benzene rings is 1. The lowest BCUT2D eigenvalue weighted by Crippen LogP contribution is -2.45. The molecular weight excluding hydrogens is 229 g/mol. The number of nitrogens with two attached hydrogens (primary N) is 1. The molecule has 0 amide bonds. The molecule has 16 heavy (non-hydrogen) atoms. The largest absolute Gasteiger partial charge is 0.480 e. The fourth-order valence-corrected chi connectivity index (χ4v) is 2.17. The first-order valence-electron chi connectivity index (χ1n) is 4.83. The van der Waals surface area contributed by atoms with Gasteiger partial charge in [0.2, 0.25) is 0 Å². The molecule has 0 aliphatic carbocycles. The Kier molecular flexibility index (Phi) is 4.32. The smallest absolute Gasteiger partial charge is 0.323 e. The molecule has 1 rings (SSSR count). The van der Waals surface area contributed by atoms with E-state index >= 15 is 0 Å². The predicted molar refractivity (Wildman–Crippen MR) is 62.0 cm³/mol. The molecule has 3 N–H and O–H groups in total. The van der Waals surface area contributed by atoms with Crippen LogP contribution in [0.25, 0.3) is 0 Å². The molecule has 1 aromatic rings. The van der Waals surface area contributed by atoms with Gasteiger partial charge in [-0.25, -0.2) is 4.39 Å². The monoisotopic (exact) mass is 243 g/mol. The maximum Gasteiger partial charge on any atom is 0.323 e. The number of rotatable bonds is 5. The quantitative estimate of drug-likeness (QED) is 0.777. The van der Waals surface area contributed by atoms with Crippen LogP contribution in [0.1, 0.15) is 13.3 Å². The number of hydrogen-bond acceptors (Lipinski definition) is 3. The molecule has 0 aliphatic heterocycles. The highest BCUT2D eigenvalue weighted by Gasteiger charge is 2.27.